The lowest BCUT2D eigenvalue weighted by molar-refractivity contribution is -0.146. The Kier molecular flexibility index (Phi) is 22.2. The fraction of sp³-hybridized carbons (Fsp3) is 0.522. The molecule has 8 amide bonds. The van der Waals surface area contributed by atoms with E-state index < -0.39 is 173 Å². The molecule has 0 unspecified atom stereocenters. The van der Waals surface area contributed by atoms with Crippen molar-refractivity contribution in [1.82, 2.24) is 50.5 Å². The number of carbonyl (C=O) groups excluding carboxylic acids is 9. The van der Waals surface area contributed by atoms with Crippen LogP contribution in [0, 0.1) is 11.8 Å². The number of nitrogens with one attached hydrogen (secondary N) is 6. The van der Waals surface area contributed by atoms with Crippen LogP contribution in [0.3, 0.4) is 0 Å². The Morgan fingerprint density at radius 2 is 0.990 bits per heavy atom. The molecule has 546 valence electrons. The fourth-order valence-electron chi connectivity index (χ4n) is 11.9. The van der Waals surface area contributed by atoms with Crippen LogP contribution >= 0.6 is 0 Å². The normalized spacial score (nSPS) is 23.5. The van der Waals surface area contributed by atoms with Crippen molar-refractivity contribution in [3.63, 3.8) is 0 Å². The van der Waals surface area contributed by atoms with Crippen molar-refractivity contribution in [2.24, 2.45) is 11.8 Å². The van der Waals surface area contributed by atoms with E-state index in [1.165, 1.54) is 31.7 Å². The number of fused-ring (bicyclic) bond motifs is 2. The van der Waals surface area contributed by atoms with E-state index in [1.807, 2.05) is 0 Å². The number of rotatable bonds is 26. The smallest absolute Gasteiger partial charge is 0.408 e. The van der Waals surface area contributed by atoms with E-state index in [4.69, 9.17) is 33.2 Å². The number of hydrogen-bond acceptors (Lipinski definition) is 23. The lowest BCUT2D eigenvalue weighted by atomic mass is 10.1. The van der Waals surface area contributed by atoms with Gasteiger partial charge in [0.25, 0.3) is 11.8 Å². The quantitative estimate of drug-likeness (QED) is 0.0269. The Balaban J connectivity index is 0.000000235. The van der Waals surface area contributed by atoms with Crippen LogP contribution in [-0.2, 0) is 72.6 Å². The van der Waals surface area contributed by atoms with E-state index in [-0.39, 0.29) is 50.5 Å². The van der Waals surface area contributed by atoms with Gasteiger partial charge in [0, 0.05) is 47.8 Å². The van der Waals surface area contributed by atoms with Gasteiger partial charge in [0.15, 0.2) is 0 Å². The molecule has 2 aromatic carbocycles. The molecule has 10 atom stereocenters. The van der Waals surface area contributed by atoms with Crippen LogP contribution in [0.4, 0.5) is 9.59 Å². The number of amides is 8. The van der Waals surface area contributed by atoms with Crippen molar-refractivity contribution in [1.29, 1.82) is 0 Å². The first-order chi connectivity index (χ1) is 47.5. The predicted octanol–water partition coefficient (Wildman–Crippen LogP) is 3.35. The molecule has 4 heterocycles. The zero-order valence-corrected chi connectivity index (χ0v) is 58.9. The van der Waals surface area contributed by atoms with E-state index in [2.05, 4.69) is 53.8 Å². The van der Waals surface area contributed by atoms with Gasteiger partial charge in [0.1, 0.15) is 70.2 Å². The second-order valence-electron chi connectivity index (χ2n) is 27.5. The molecule has 6 aliphatic rings. The summed E-state index contributed by atoms with van der Waals surface area (Å²) in [5.41, 5.74) is -5.15. The number of hydrogen-bond donors (Lipinski definition) is 7. The van der Waals surface area contributed by atoms with Gasteiger partial charge in [-0.05, 0) is 139 Å². The van der Waals surface area contributed by atoms with E-state index in [1.54, 1.807) is 97.2 Å². The third kappa shape index (κ3) is 18.2. The molecule has 2 aromatic heterocycles. The Morgan fingerprint density at radius 3 is 1.32 bits per heavy atom. The number of alkyl carbamates (subject to hydrolysis) is 2. The van der Waals surface area contributed by atoms with Crippen LogP contribution in [0.1, 0.15) is 106 Å². The summed E-state index contributed by atoms with van der Waals surface area (Å²) in [5, 5.41) is 21.1. The van der Waals surface area contributed by atoms with E-state index >= 15 is 0 Å². The summed E-state index contributed by atoms with van der Waals surface area (Å²) in [5.74, 6) is -6.88. The molecule has 2 saturated heterocycles. The first-order valence-corrected chi connectivity index (χ1v) is 35.6. The van der Waals surface area contributed by atoms with Crippen molar-refractivity contribution in [3.8, 4) is 23.3 Å². The Bertz CT molecular complexity index is 4190. The first-order valence-electron chi connectivity index (χ1n) is 32.5. The molecular formula is C67H84N10O22S2. The SMILES string of the molecule is C=C[C@@H]1C[C@]1(NC(=O)[C@@H]1C[C@@H](Oc2nccc3cc(OC)ccc23)CN1C(=O)[C@H](CC(=O)O)NC(=O)OC(C)(C)C)C(=O)NS(=O)(=O)C1CC1.C=C[C@@H]1C[C@]1(NC(=O)[C@@H]1C[C@@H](Oc2nccc3cc(OC)ccc23)CN1C(=O)[C@H](CC(=O)OC)NC(=O)OC(C)(C)C)C(=O)NS(=O)(=O)C1CC1. The van der Waals surface area contributed by atoms with Crippen LogP contribution in [0.15, 0.2) is 86.2 Å². The lowest BCUT2D eigenvalue weighted by Gasteiger charge is -2.30. The minimum absolute atomic E-state index is 0.0695. The number of carbonyl (C=O) groups is 10. The number of pyridine rings is 2. The van der Waals surface area contributed by atoms with Crippen LogP contribution < -0.4 is 49.7 Å². The highest BCUT2D eigenvalue weighted by Crippen LogP contribution is 2.47. The number of aliphatic carboxylic acids is 1. The number of methoxy groups -OCH3 is 3. The van der Waals surface area contributed by atoms with Gasteiger partial charge in [0.2, 0.25) is 55.4 Å². The van der Waals surface area contributed by atoms with Gasteiger partial charge in [-0.1, -0.05) is 12.2 Å². The molecule has 6 fully saturated rings. The maximum Gasteiger partial charge on any atom is 0.408 e. The monoisotopic (exact) mass is 1440 g/mol. The Labute approximate surface area is 582 Å². The second-order valence-corrected chi connectivity index (χ2v) is 31.4. The molecule has 0 spiro atoms. The molecule has 10 rings (SSSR count). The van der Waals surface area contributed by atoms with Crippen LogP contribution in [0.25, 0.3) is 21.5 Å². The number of esters is 1. The van der Waals surface area contributed by atoms with Crippen molar-refractivity contribution in [2.75, 3.05) is 34.4 Å². The number of benzene rings is 2. The second kappa shape index (κ2) is 29.8. The molecule has 101 heavy (non-hydrogen) atoms. The van der Waals surface area contributed by atoms with Gasteiger partial charge in [-0.15, -0.1) is 13.2 Å². The zero-order chi connectivity index (χ0) is 73.9. The largest absolute Gasteiger partial charge is 0.497 e. The van der Waals surface area contributed by atoms with Crippen LogP contribution in [0.5, 0.6) is 23.3 Å². The van der Waals surface area contributed by atoms with Gasteiger partial charge in [-0.25, -0.2) is 36.4 Å². The molecule has 7 N–H and O–H groups in total. The zero-order valence-electron chi connectivity index (χ0n) is 57.2. The van der Waals surface area contributed by atoms with Crippen molar-refractivity contribution in [3.05, 3.63) is 86.2 Å². The van der Waals surface area contributed by atoms with E-state index in [0.717, 1.165) is 27.7 Å². The molecule has 0 bridgehead atoms. The lowest BCUT2D eigenvalue weighted by Crippen LogP contribution is -2.58. The van der Waals surface area contributed by atoms with Crippen LogP contribution in [-0.4, -0.2) is 205 Å². The number of ether oxygens (including phenoxy) is 7. The maximum absolute atomic E-state index is 14.2. The van der Waals surface area contributed by atoms with Gasteiger partial charge < -0.3 is 69.3 Å². The third-order valence-corrected chi connectivity index (χ3v) is 21.2. The number of nitrogens with zero attached hydrogens (tertiary/aromatic N) is 4. The van der Waals surface area contributed by atoms with Crippen molar-refractivity contribution in [2.45, 2.75) is 175 Å². The molecule has 32 nitrogen and oxygen atoms in total. The number of carboxylic acids is 1. The summed E-state index contributed by atoms with van der Waals surface area (Å²) in [7, 11) is -3.69. The van der Waals surface area contributed by atoms with E-state index in [9.17, 15) is 69.9 Å². The third-order valence-electron chi connectivity index (χ3n) is 17.6. The summed E-state index contributed by atoms with van der Waals surface area (Å²) in [6.45, 7) is 16.7. The fourth-order valence-corrected chi connectivity index (χ4v) is 14.7. The average Bonchev–Trinajstić information content (AvgIpc) is 1.58. The minimum Gasteiger partial charge on any atom is -0.497 e. The summed E-state index contributed by atoms with van der Waals surface area (Å²) in [4.78, 5) is 144. The van der Waals surface area contributed by atoms with Gasteiger partial charge in [-0.2, -0.15) is 0 Å². The molecule has 2 aliphatic heterocycles. The molecule has 0 radical (unpaired) electrons. The highest BCUT2D eigenvalue weighted by atomic mass is 32.2. The maximum atomic E-state index is 14.2. The van der Waals surface area contributed by atoms with Crippen molar-refractivity contribution < 1.29 is 103 Å². The van der Waals surface area contributed by atoms with Gasteiger partial charge >= 0.3 is 24.1 Å². The molecule has 4 saturated carbocycles. The van der Waals surface area contributed by atoms with Crippen molar-refractivity contribution >= 4 is 101 Å². The number of carboxylic acid groups (broad SMARTS) is 1. The topological polar surface area (TPSA) is 428 Å². The standard InChI is InChI=1S/C34H43N5O11S.C33H41N5O11S/c1-7-20-17-34(20,31(43)38-51(45,46)23-9-10-23)37-28(41)26-15-22(49-29-24-11-8-21(47-5)14-19(24)12-13-35-29)18-39(26)30(42)25(16-27(40)48-6)36-32(44)50-33(2,3)4;1-6-19-16-33(19,30(43)37-50(45,46)22-8-9-22)36-27(41)25-14-21(48-28-23-10-7-20(47-5)13-18(23)11-12-34-28)17-38(25)29(42)24(15-26(39)40)35-31(44)49-32(2,3)4/h7-8,11-14,20,22-23,25-26H,1,9-10,15-18H2,2-6H3,(H,36,44)(H,37,41)(H,38,43);6-7,10-13,19,21-22,24-25H,1,8-9,14-17H2,2-5H3,(H,35,44)(H,36,41)(H,37,43)(H,39,40)/t20-,22-,25+,26+,34-;19-,21-,24+,25+,33-/m11/s1. The molecular weight excluding hydrogens is 1360 g/mol. The summed E-state index contributed by atoms with van der Waals surface area (Å²) >= 11 is 0. The highest BCUT2D eigenvalue weighted by Gasteiger charge is 2.63. The summed E-state index contributed by atoms with van der Waals surface area (Å²) in [6.07, 6.45) is 2.49. The van der Waals surface area contributed by atoms with Gasteiger partial charge in [-0.3, -0.25) is 47.8 Å². The minimum atomic E-state index is -3.95. The van der Waals surface area contributed by atoms with Gasteiger partial charge in [0.05, 0.1) is 57.8 Å². The Morgan fingerprint density at radius 1 is 0.604 bits per heavy atom. The number of likely N-dealkylation sites (tertiary alicyclic amines) is 2. The Hall–Kier alpha value is -9.86. The molecule has 4 aromatic rings. The molecule has 34 heteroatoms. The average molecular weight is 1450 g/mol. The van der Waals surface area contributed by atoms with Crippen LogP contribution in [0.2, 0.25) is 0 Å². The first kappa shape index (κ1) is 75.3. The van der Waals surface area contributed by atoms with E-state index in [0.29, 0.717) is 48.0 Å². The predicted molar refractivity (Wildman–Crippen MR) is 359 cm³/mol. The summed E-state index contributed by atoms with van der Waals surface area (Å²) in [6, 6.07) is 8.30. The number of sulfonamides is 2. The molecule has 4 aliphatic carbocycles. The summed E-state index contributed by atoms with van der Waals surface area (Å²) < 4.78 is 93.1. The highest BCUT2D eigenvalue weighted by molar-refractivity contribution is 7.91. The number of aromatic nitrogens is 2.